The number of hydrogen-bond acceptors (Lipinski definition) is 2. The molecule has 0 bridgehead atoms. The summed E-state index contributed by atoms with van der Waals surface area (Å²) < 4.78 is 16.0. The van der Waals surface area contributed by atoms with Gasteiger partial charge < -0.3 is 10.7 Å². The Morgan fingerprint density at radius 1 is 1.42 bits per heavy atom. The van der Waals surface area contributed by atoms with Crippen molar-refractivity contribution in [2.75, 3.05) is 0 Å². The van der Waals surface area contributed by atoms with Crippen LogP contribution in [0.5, 0.6) is 0 Å². The number of hydrogen-bond donors (Lipinski definition) is 3. The van der Waals surface area contributed by atoms with Crippen LogP contribution in [-0.4, -0.2) is 21.7 Å². The molecule has 2 aromatic heterocycles. The fourth-order valence-electron chi connectivity index (χ4n) is 5.14. The second kappa shape index (κ2) is 6.79. The molecule has 6 nitrogen and oxygen atoms in total. The molecule has 160 valence electrons. The fraction of sp³-hybridized carbons (Fsp3) is 0.348. The third-order valence-corrected chi connectivity index (χ3v) is 7.25. The van der Waals surface area contributed by atoms with Crippen molar-refractivity contribution in [3.63, 3.8) is 0 Å². The van der Waals surface area contributed by atoms with Gasteiger partial charge in [0.1, 0.15) is 17.7 Å². The number of aliphatic imine (C=N–C) groups is 1. The van der Waals surface area contributed by atoms with Gasteiger partial charge in [-0.3, -0.25) is 14.8 Å². The highest BCUT2D eigenvalue weighted by molar-refractivity contribution is 6.35. The third kappa shape index (κ3) is 2.86. The van der Waals surface area contributed by atoms with Crippen molar-refractivity contribution >= 4 is 34.7 Å². The van der Waals surface area contributed by atoms with E-state index in [1.165, 1.54) is 23.6 Å². The summed E-state index contributed by atoms with van der Waals surface area (Å²) >= 11 is 6.38. The molecule has 0 aliphatic heterocycles. The van der Waals surface area contributed by atoms with Gasteiger partial charge in [-0.2, -0.15) is 0 Å². The maximum absolute atomic E-state index is 14.6. The molecule has 2 aliphatic carbocycles. The molecule has 0 atom stereocenters. The summed E-state index contributed by atoms with van der Waals surface area (Å²) in [6.45, 7) is 1.81. The van der Waals surface area contributed by atoms with Crippen LogP contribution < -0.4 is 11.3 Å². The van der Waals surface area contributed by atoms with Gasteiger partial charge in [0.25, 0.3) is 5.56 Å². The monoisotopic (exact) mass is 439 g/mol. The van der Waals surface area contributed by atoms with E-state index in [2.05, 4.69) is 9.98 Å². The van der Waals surface area contributed by atoms with Crippen molar-refractivity contribution < 1.29 is 4.39 Å². The van der Waals surface area contributed by atoms with E-state index in [9.17, 15) is 9.18 Å². The molecule has 2 aliphatic rings. The average molecular weight is 440 g/mol. The molecule has 2 heterocycles. The SMILES string of the molecule is CCc1[nH]c2c(=O)n(-c3cccc(C4(C(N)=NC=N)CC5(CC5)C4)c3)cc(Cl)c2c1F. The summed E-state index contributed by atoms with van der Waals surface area (Å²) in [6, 6.07) is 7.60. The van der Waals surface area contributed by atoms with Gasteiger partial charge in [0.05, 0.1) is 21.5 Å². The van der Waals surface area contributed by atoms with Gasteiger partial charge in [0.15, 0.2) is 5.82 Å². The number of aromatic nitrogens is 2. The normalized spacial score (nSPS) is 18.9. The average Bonchev–Trinajstić information content (AvgIpc) is 3.45. The number of nitrogens with two attached hydrogens (primary N) is 1. The Morgan fingerprint density at radius 3 is 2.81 bits per heavy atom. The summed E-state index contributed by atoms with van der Waals surface area (Å²) in [5.74, 6) is -0.0451. The Balaban J connectivity index is 1.65. The number of H-pyrrole nitrogens is 1. The smallest absolute Gasteiger partial charge is 0.279 e. The molecule has 0 saturated heterocycles. The van der Waals surface area contributed by atoms with Gasteiger partial charge in [0, 0.05) is 11.9 Å². The maximum Gasteiger partial charge on any atom is 0.279 e. The molecule has 0 unspecified atom stereocenters. The Bertz CT molecular complexity index is 1310. The van der Waals surface area contributed by atoms with Crippen LogP contribution in [-0.2, 0) is 11.8 Å². The zero-order valence-corrected chi connectivity index (χ0v) is 17.9. The second-order valence-corrected chi connectivity index (χ2v) is 9.21. The molecule has 0 radical (unpaired) electrons. The lowest BCUT2D eigenvalue weighted by atomic mass is 9.55. The van der Waals surface area contributed by atoms with E-state index in [1.54, 1.807) is 0 Å². The minimum Gasteiger partial charge on any atom is -0.386 e. The number of nitrogens with zero attached hydrogens (tertiary/aromatic N) is 2. The fourth-order valence-corrected chi connectivity index (χ4v) is 5.42. The Morgan fingerprint density at radius 2 is 2.16 bits per heavy atom. The lowest BCUT2D eigenvalue weighted by molar-refractivity contribution is 0.183. The van der Waals surface area contributed by atoms with Crippen LogP contribution in [0.4, 0.5) is 4.39 Å². The van der Waals surface area contributed by atoms with Crippen molar-refractivity contribution in [3.8, 4) is 5.69 Å². The number of nitrogens with one attached hydrogen (secondary N) is 2. The topological polar surface area (TPSA) is 100 Å². The first-order valence-corrected chi connectivity index (χ1v) is 10.8. The van der Waals surface area contributed by atoms with E-state index in [-0.39, 0.29) is 21.5 Å². The maximum atomic E-state index is 14.6. The molecule has 2 fully saturated rings. The van der Waals surface area contributed by atoms with E-state index in [0.29, 0.717) is 29.1 Å². The zero-order chi connectivity index (χ0) is 22.0. The van der Waals surface area contributed by atoms with E-state index in [1.807, 2.05) is 31.2 Å². The first-order chi connectivity index (χ1) is 14.8. The largest absolute Gasteiger partial charge is 0.386 e. The lowest BCUT2D eigenvalue weighted by Crippen LogP contribution is -2.52. The number of aromatic amines is 1. The Kier molecular flexibility index (Phi) is 4.38. The van der Waals surface area contributed by atoms with Crippen molar-refractivity contribution in [2.24, 2.45) is 16.1 Å². The molecule has 2 saturated carbocycles. The van der Waals surface area contributed by atoms with Crippen LogP contribution in [0.1, 0.15) is 43.9 Å². The number of rotatable bonds is 5. The van der Waals surface area contributed by atoms with E-state index < -0.39 is 11.2 Å². The van der Waals surface area contributed by atoms with Gasteiger partial charge in [-0.15, -0.1) is 0 Å². The lowest BCUT2D eigenvalue weighted by Gasteiger charge is -2.48. The molecular weight excluding hydrogens is 417 g/mol. The predicted octanol–water partition coefficient (Wildman–Crippen LogP) is 4.45. The highest BCUT2D eigenvalue weighted by Crippen LogP contribution is 2.69. The van der Waals surface area contributed by atoms with Gasteiger partial charge in [-0.05, 0) is 55.2 Å². The summed E-state index contributed by atoms with van der Waals surface area (Å²) in [6.07, 6.45) is 7.04. The molecule has 0 amide bonds. The zero-order valence-electron chi connectivity index (χ0n) is 17.1. The third-order valence-electron chi connectivity index (χ3n) is 6.96. The quantitative estimate of drug-likeness (QED) is 0.404. The number of benzene rings is 1. The summed E-state index contributed by atoms with van der Waals surface area (Å²) in [5, 5.41) is 7.65. The van der Waals surface area contributed by atoms with E-state index in [4.69, 9.17) is 22.7 Å². The number of fused-ring (bicyclic) bond motifs is 1. The highest BCUT2D eigenvalue weighted by Gasteiger charge is 2.63. The minimum atomic E-state index is -0.473. The van der Waals surface area contributed by atoms with Gasteiger partial charge in [-0.1, -0.05) is 30.7 Å². The number of halogens is 2. The van der Waals surface area contributed by atoms with E-state index >= 15 is 0 Å². The molecule has 4 N–H and O–H groups in total. The van der Waals surface area contributed by atoms with Crippen LogP contribution in [0.2, 0.25) is 5.02 Å². The summed E-state index contributed by atoms with van der Waals surface area (Å²) in [4.78, 5) is 20.2. The highest BCUT2D eigenvalue weighted by atomic mass is 35.5. The van der Waals surface area contributed by atoms with Crippen molar-refractivity contribution in [1.82, 2.24) is 9.55 Å². The molecule has 8 heteroatoms. The Labute approximate surface area is 183 Å². The van der Waals surface area contributed by atoms with Crippen LogP contribution in [0, 0.1) is 16.6 Å². The van der Waals surface area contributed by atoms with Crippen molar-refractivity contribution in [3.05, 3.63) is 62.9 Å². The Hall–Kier alpha value is -2.93. The van der Waals surface area contributed by atoms with Crippen LogP contribution >= 0.6 is 11.6 Å². The van der Waals surface area contributed by atoms with Gasteiger partial charge in [0.2, 0.25) is 0 Å². The first kappa shape index (κ1) is 20.0. The van der Waals surface area contributed by atoms with Crippen LogP contribution in [0.3, 0.4) is 0 Å². The molecular formula is C23H23ClFN5O. The molecule has 1 spiro atoms. The van der Waals surface area contributed by atoms with Gasteiger partial charge >= 0.3 is 0 Å². The standard InChI is InChI=1S/C23H23ClFN5O/c1-2-16-18(25)17-15(24)9-30(20(31)19(17)29-16)14-5-3-4-13(8-14)23(21(27)28-12-26)10-22(11-23)6-7-22/h3-5,8-9,12,29H,2,6-7,10-11H2,1H3,(H3,26,27,28). The molecule has 3 aromatic rings. The summed E-state index contributed by atoms with van der Waals surface area (Å²) in [5.41, 5.74) is 7.97. The van der Waals surface area contributed by atoms with Crippen LogP contribution in [0.25, 0.3) is 16.6 Å². The van der Waals surface area contributed by atoms with Crippen molar-refractivity contribution in [2.45, 2.75) is 44.4 Å². The number of aryl methyl sites for hydroxylation is 1. The van der Waals surface area contributed by atoms with E-state index in [0.717, 1.165) is 24.7 Å². The molecule has 5 rings (SSSR count). The first-order valence-electron chi connectivity index (χ1n) is 10.4. The minimum absolute atomic E-state index is 0.129. The summed E-state index contributed by atoms with van der Waals surface area (Å²) in [7, 11) is 0. The number of amidine groups is 1. The molecule has 1 aromatic carbocycles. The second-order valence-electron chi connectivity index (χ2n) is 8.80. The van der Waals surface area contributed by atoms with Crippen molar-refractivity contribution in [1.29, 1.82) is 5.41 Å². The number of pyridine rings is 1. The van der Waals surface area contributed by atoms with Crippen LogP contribution in [0.15, 0.2) is 40.2 Å². The van der Waals surface area contributed by atoms with Gasteiger partial charge in [-0.25, -0.2) is 9.38 Å². The molecule has 31 heavy (non-hydrogen) atoms. The predicted molar refractivity (Wildman–Crippen MR) is 121 cm³/mol.